The van der Waals surface area contributed by atoms with Crippen LogP contribution < -0.4 is 10.9 Å². The lowest BCUT2D eigenvalue weighted by atomic mass is 10.2. The number of hydrogen-bond donors (Lipinski definition) is 1. The van der Waals surface area contributed by atoms with Crippen molar-refractivity contribution in [2.75, 3.05) is 5.32 Å². The molecule has 26 heavy (non-hydrogen) atoms. The topological polar surface area (TPSA) is 59.8 Å². The molecule has 0 fully saturated rings. The minimum Gasteiger partial charge on any atom is -0.324 e. The fourth-order valence-electron chi connectivity index (χ4n) is 2.73. The van der Waals surface area contributed by atoms with Crippen LogP contribution in [0, 0.1) is 12.7 Å². The summed E-state index contributed by atoms with van der Waals surface area (Å²) >= 11 is 0. The van der Waals surface area contributed by atoms with Gasteiger partial charge in [0.15, 0.2) is 0 Å². The van der Waals surface area contributed by atoms with Gasteiger partial charge in [0.2, 0.25) is 5.95 Å². The van der Waals surface area contributed by atoms with Crippen molar-refractivity contribution in [3.8, 4) is 5.69 Å². The molecule has 0 saturated heterocycles. The third kappa shape index (κ3) is 2.93. The molecule has 0 radical (unpaired) electrons. The molecule has 0 aliphatic carbocycles. The van der Waals surface area contributed by atoms with Crippen LogP contribution in [-0.4, -0.2) is 14.5 Å². The summed E-state index contributed by atoms with van der Waals surface area (Å²) in [6, 6.07) is 16.8. The van der Waals surface area contributed by atoms with E-state index in [0.29, 0.717) is 22.8 Å². The minimum absolute atomic E-state index is 0.224. The standard InChI is InChI=1S/C20H15FN4O/c1-13-7-9-15(12-22-13)23-20-24-18-10-8-14(21)11-17(18)19(26)25(20)16-5-3-2-4-6-16/h2-12H,1H3,(H,23,24). The fraction of sp³-hybridized carbons (Fsp3) is 0.0500. The zero-order valence-electron chi connectivity index (χ0n) is 14.0. The lowest BCUT2D eigenvalue weighted by Crippen LogP contribution is -2.23. The largest absolute Gasteiger partial charge is 0.324 e. The van der Waals surface area contributed by atoms with Gasteiger partial charge in [-0.1, -0.05) is 18.2 Å². The molecule has 2 heterocycles. The van der Waals surface area contributed by atoms with Gasteiger partial charge in [-0.25, -0.2) is 13.9 Å². The molecule has 0 atom stereocenters. The quantitative estimate of drug-likeness (QED) is 0.610. The summed E-state index contributed by atoms with van der Waals surface area (Å²) in [5, 5.41) is 3.36. The van der Waals surface area contributed by atoms with Crippen molar-refractivity contribution in [2.45, 2.75) is 6.92 Å². The Morgan fingerprint density at radius 2 is 1.85 bits per heavy atom. The second-order valence-electron chi connectivity index (χ2n) is 5.89. The van der Waals surface area contributed by atoms with Gasteiger partial charge in [-0.05, 0) is 49.4 Å². The Kier molecular flexibility index (Phi) is 3.93. The molecule has 0 saturated carbocycles. The number of pyridine rings is 1. The summed E-state index contributed by atoms with van der Waals surface area (Å²) in [4.78, 5) is 21.8. The molecule has 2 aromatic carbocycles. The van der Waals surface area contributed by atoms with E-state index in [-0.39, 0.29) is 10.9 Å². The molecular weight excluding hydrogens is 331 g/mol. The zero-order valence-corrected chi connectivity index (χ0v) is 14.0. The Balaban J connectivity index is 1.96. The van der Waals surface area contributed by atoms with Crippen molar-refractivity contribution >= 4 is 22.5 Å². The smallest absolute Gasteiger partial charge is 0.267 e. The number of anilines is 2. The van der Waals surface area contributed by atoms with Crippen LogP contribution >= 0.6 is 0 Å². The van der Waals surface area contributed by atoms with Gasteiger partial charge in [0.1, 0.15) is 5.82 Å². The maximum Gasteiger partial charge on any atom is 0.267 e. The number of hydrogen-bond acceptors (Lipinski definition) is 4. The number of benzene rings is 2. The third-order valence-electron chi connectivity index (χ3n) is 4.01. The number of para-hydroxylation sites is 1. The van der Waals surface area contributed by atoms with Crippen LogP contribution in [-0.2, 0) is 0 Å². The minimum atomic E-state index is -0.473. The van der Waals surface area contributed by atoms with E-state index in [2.05, 4.69) is 15.3 Å². The number of halogens is 1. The van der Waals surface area contributed by atoms with E-state index in [0.717, 1.165) is 5.69 Å². The lowest BCUT2D eigenvalue weighted by Gasteiger charge is -2.15. The second kappa shape index (κ2) is 6.40. The van der Waals surface area contributed by atoms with Gasteiger partial charge in [-0.2, -0.15) is 0 Å². The molecular formula is C20H15FN4O. The van der Waals surface area contributed by atoms with Crippen molar-refractivity contribution < 1.29 is 4.39 Å². The van der Waals surface area contributed by atoms with E-state index in [1.807, 2.05) is 37.3 Å². The van der Waals surface area contributed by atoms with Crippen molar-refractivity contribution in [3.63, 3.8) is 0 Å². The zero-order chi connectivity index (χ0) is 18.1. The van der Waals surface area contributed by atoms with Gasteiger partial charge < -0.3 is 5.32 Å². The molecule has 4 aromatic rings. The van der Waals surface area contributed by atoms with Gasteiger partial charge in [0, 0.05) is 5.69 Å². The molecule has 0 amide bonds. The van der Waals surface area contributed by atoms with Gasteiger partial charge >= 0.3 is 0 Å². The number of nitrogens with zero attached hydrogens (tertiary/aromatic N) is 3. The first-order valence-electron chi connectivity index (χ1n) is 8.09. The summed E-state index contributed by atoms with van der Waals surface area (Å²) in [6.07, 6.45) is 1.67. The highest BCUT2D eigenvalue weighted by atomic mass is 19.1. The summed E-state index contributed by atoms with van der Waals surface area (Å²) in [5.41, 5.74) is 2.31. The Morgan fingerprint density at radius 3 is 2.58 bits per heavy atom. The molecule has 0 aliphatic heterocycles. The monoisotopic (exact) mass is 346 g/mol. The summed E-state index contributed by atoms with van der Waals surface area (Å²) in [6.45, 7) is 1.90. The number of nitrogens with one attached hydrogen (secondary N) is 1. The molecule has 128 valence electrons. The maximum absolute atomic E-state index is 13.6. The van der Waals surface area contributed by atoms with Crippen LogP contribution in [0.2, 0.25) is 0 Å². The van der Waals surface area contributed by atoms with Crippen molar-refractivity contribution in [1.82, 2.24) is 14.5 Å². The van der Waals surface area contributed by atoms with Gasteiger partial charge in [-0.3, -0.25) is 9.78 Å². The van der Waals surface area contributed by atoms with E-state index in [1.54, 1.807) is 18.3 Å². The molecule has 2 aromatic heterocycles. The molecule has 0 bridgehead atoms. The van der Waals surface area contributed by atoms with Gasteiger partial charge in [0.25, 0.3) is 5.56 Å². The molecule has 0 spiro atoms. The first kappa shape index (κ1) is 16.0. The van der Waals surface area contributed by atoms with Crippen LogP contribution in [0.25, 0.3) is 16.6 Å². The third-order valence-corrected chi connectivity index (χ3v) is 4.01. The molecule has 5 nitrogen and oxygen atoms in total. The van der Waals surface area contributed by atoms with E-state index in [1.165, 1.54) is 22.8 Å². The highest BCUT2D eigenvalue weighted by Gasteiger charge is 2.13. The normalized spacial score (nSPS) is 10.8. The van der Waals surface area contributed by atoms with E-state index < -0.39 is 5.82 Å². The van der Waals surface area contributed by atoms with Crippen LogP contribution in [0.3, 0.4) is 0 Å². The van der Waals surface area contributed by atoms with Crippen molar-refractivity contribution in [3.05, 3.63) is 88.7 Å². The first-order valence-corrected chi connectivity index (χ1v) is 8.09. The molecule has 0 unspecified atom stereocenters. The van der Waals surface area contributed by atoms with E-state index in [4.69, 9.17) is 0 Å². The van der Waals surface area contributed by atoms with Crippen LogP contribution in [0.5, 0.6) is 0 Å². The number of fused-ring (bicyclic) bond motifs is 1. The van der Waals surface area contributed by atoms with E-state index in [9.17, 15) is 9.18 Å². The Morgan fingerprint density at radius 1 is 1.04 bits per heavy atom. The van der Waals surface area contributed by atoms with Gasteiger partial charge in [0.05, 0.1) is 28.5 Å². The predicted molar refractivity (Wildman–Crippen MR) is 99.6 cm³/mol. The Bertz CT molecular complexity index is 1140. The highest BCUT2D eigenvalue weighted by molar-refractivity contribution is 5.80. The molecule has 1 N–H and O–H groups in total. The molecule has 0 aliphatic rings. The van der Waals surface area contributed by atoms with E-state index >= 15 is 0 Å². The molecule has 6 heteroatoms. The first-order chi connectivity index (χ1) is 12.6. The average molecular weight is 346 g/mol. The number of aromatic nitrogens is 3. The second-order valence-corrected chi connectivity index (χ2v) is 5.89. The lowest BCUT2D eigenvalue weighted by molar-refractivity contribution is 0.629. The average Bonchev–Trinajstić information content (AvgIpc) is 2.65. The van der Waals surface area contributed by atoms with Crippen molar-refractivity contribution in [2.24, 2.45) is 0 Å². The summed E-state index contributed by atoms with van der Waals surface area (Å²) in [5.74, 6) is -0.134. The summed E-state index contributed by atoms with van der Waals surface area (Å²) in [7, 11) is 0. The maximum atomic E-state index is 13.6. The van der Waals surface area contributed by atoms with Gasteiger partial charge in [-0.15, -0.1) is 0 Å². The number of rotatable bonds is 3. The Labute approximate surface area is 148 Å². The predicted octanol–water partition coefficient (Wildman–Crippen LogP) is 3.97. The number of aryl methyl sites for hydroxylation is 1. The van der Waals surface area contributed by atoms with Crippen molar-refractivity contribution in [1.29, 1.82) is 0 Å². The van der Waals surface area contributed by atoms with Crippen LogP contribution in [0.15, 0.2) is 71.7 Å². The summed E-state index contributed by atoms with van der Waals surface area (Å²) < 4.78 is 15.1. The SMILES string of the molecule is Cc1ccc(Nc2nc3ccc(F)cc3c(=O)n2-c2ccccc2)cn1. The van der Waals surface area contributed by atoms with Crippen LogP contribution in [0.1, 0.15) is 5.69 Å². The van der Waals surface area contributed by atoms with Crippen LogP contribution in [0.4, 0.5) is 16.0 Å². The fourth-order valence-corrected chi connectivity index (χ4v) is 2.73. The highest BCUT2D eigenvalue weighted by Crippen LogP contribution is 2.20. The molecule has 4 rings (SSSR count). The Hall–Kier alpha value is -3.54.